The summed E-state index contributed by atoms with van der Waals surface area (Å²) in [6.45, 7) is 6.88. The third kappa shape index (κ3) is 3.41. The van der Waals surface area contributed by atoms with Gasteiger partial charge in [0.05, 0.1) is 19.8 Å². The molecule has 156 valence electrons. The molecule has 1 aromatic carbocycles. The number of carbonyl (C=O) groups excluding carboxylic acids is 1. The van der Waals surface area contributed by atoms with E-state index in [0.717, 1.165) is 35.4 Å². The monoisotopic (exact) mass is 416 g/mol. The molecule has 1 aliphatic carbocycles. The maximum Gasteiger partial charge on any atom is 0.256 e. The first-order chi connectivity index (χ1) is 13.7. The van der Waals surface area contributed by atoms with Crippen molar-refractivity contribution in [3.05, 3.63) is 33.7 Å². The number of thiophene rings is 1. The zero-order valence-electron chi connectivity index (χ0n) is 17.5. The number of anilines is 1. The number of phenolic OH excluding ortho intramolecular Hbond substituents is 1. The molecule has 7 heteroatoms. The molecule has 0 saturated heterocycles. The van der Waals surface area contributed by atoms with Crippen molar-refractivity contribution in [3.8, 4) is 17.2 Å². The van der Waals surface area contributed by atoms with Crippen LogP contribution in [0.4, 0.5) is 5.00 Å². The average molecular weight is 417 g/mol. The van der Waals surface area contributed by atoms with Crippen LogP contribution in [0.15, 0.2) is 12.1 Å². The second-order valence-electron chi connectivity index (χ2n) is 8.84. The van der Waals surface area contributed by atoms with Crippen molar-refractivity contribution in [2.45, 2.75) is 46.2 Å². The Morgan fingerprint density at radius 1 is 1.14 bits per heavy atom. The largest absolute Gasteiger partial charge is 0.502 e. The van der Waals surface area contributed by atoms with Crippen LogP contribution in [0.25, 0.3) is 0 Å². The minimum absolute atomic E-state index is 0.0542. The standard InChI is InChI=1S/C22H28N2O4S/c1-22(2,3)12-6-7-13-16(10-12)29-21-17(13)20(26)23-19(24-21)11-8-14(27-4)18(25)15(9-11)28-5/h8-9,12,19,24-25H,6-7,10H2,1-5H3,(H,23,26)/t12-,19+/m1/s1. The van der Waals surface area contributed by atoms with Crippen LogP contribution in [0.1, 0.15) is 59.7 Å². The molecule has 6 nitrogen and oxygen atoms in total. The van der Waals surface area contributed by atoms with Crippen LogP contribution in [0.2, 0.25) is 0 Å². The van der Waals surface area contributed by atoms with E-state index in [-0.39, 0.29) is 17.1 Å². The number of phenols is 1. The molecule has 3 N–H and O–H groups in total. The molecule has 2 aliphatic rings. The molecule has 0 spiro atoms. The molecule has 29 heavy (non-hydrogen) atoms. The van der Waals surface area contributed by atoms with Crippen LogP contribution in [-0.2, 0) is 12.8 Å². The van der Waals surface area contributed by atoms with Crippen LogP contribution in [0.5, 0.6) is 17.2 Å². The van der Waals surface area contributed by atoms with Gasteiger partial charge in [-0.25, -0.2) is 0 Å². The molecule has 0 fully saturated rings. The normalized spacial score (nSPS) is 20.9. The number of fused-ring (bicyclic) bond motifs is 3. The number of ether oxygens (including phenoxy) is 2. The van der Waals surface area contributed by atoms with Crippen molar-refractivity contribution in [1.29, 1.82) is 0 Å². The summed E-state index contributed by atoms with van der Waals surface area (Å²) in [6, 6.07) is 3.42. The summed E-state index contributed by atoms with van der Waals surface area (Å²) in [5.41, 5.74) is 3.02. The highest BCUT2D eigenvalue weighted by atomic mass is 32.1. The van der Waals surface area contributed by atoms with Gasteiger partial charge in [0, 0.05) is 10.4 Å². The Morgan fingerprint density at radius 2 is 1.79 bits per heavy atom. The van der Waals surface area contributed by atoms with Crippen LogP contribution in [-0.4, -0.2) is 25.2 Å². The van der Waals surface area contributed by atoms with Gasteiger partial charge in [-0.05, 0) is 48.3 Å². The number of carbonyl (C=O) groups is 1. The number of aromatic hydroxyl groups is 1. The SMILES string of the molecule is COc1cc([C@H]2NC(=O)c3c(sc4c3CC[C@@H](C(C)(C)C)C4)N2)cc(OC)c1O. The number of amides is 1. The maximum atomic E-state index is 13.0. The Morgan fingerprint density at radius 3 is 2.38 bits per heavy atom. The fourth-order valence-electron chi connectivity index (χ4n) is 4.28. The molecule has 1 amide bonds. The van der Waals surface area contributed by atoms with Crippen molar-refractivity contribution in [1.82, 2.24) is 5.32 Å². The number of methoxy groups -OCH3 is 2. The van der Waals surface area contributed by atoms with Gasteiger partial charge in [0.25, 0.3) is 5.91 Å². The lowest BCUT2D eigenvalue weighted by Gasteiger charge is -2.34. The Labute approximate surface area is 175 Å². The van der Waals surface area contributed by atoms with Crippen LogP contribution >= 0.6 is 11.3 Å². The summed E-state index contributed by atoms with van der Waals surface area (Å²) < 4.78 is 10.5. The molecule has 1 aromatic heterocycles. The zero-order valence-corrected chi connectivity index (χ0v) is 18.3. The fraction of sp³-hybridized carbons (Fsp3) is 0.500. The van der Waals surface area contributed by atoms with Crippen molar-refractivity contribution in [2.24, 2.45) is 11.3 Å². The number of nitrogens with one attached hydrogen (secondary N) is 2. The summed E-state index contributed by atoms with van der Waals surface area (Å²) in [4.78, 5) is 14.3. The zero-order chi connectivity index (χ0) is 20.9. The first-order valence-electron chi connectivity index (χ1n) is 9.89. The molecule has 2 heterocycles. The van der Waals surface area contributed by atoms with Gasteiger partial charge in [-0.15, -0.1) is 11.3 Å². The van der Waals surface area contributed by atoms with Crippen molar-refractivity contribution < 1.29 is 19.4 Å². The van der Waals surface area contributed by atoms with Crippen LogP contribution < -0.4 is 20.1 Å². The molecule has 1 aliphatic heterocycles. The molecule has 0 unspecified atom stereocenters. The highest BCUT2D eigenvalue weighted by molar-refractivity contribution is 7.16. The third-order valence-corrected chi connectivity index (χ3v) is 7.29. The first kappa shape index (κ1) is 19.9. The van der Waals surface area contributed by atoms with Gasteiger partial charge < -0.3 is 25.2 Å². The van der Waals surface area contributed by atoms with Gasteiger partial charge >= 0.3 is 0 Å². The first-order valence-corrected chi connectivity index (χ1v) is 10.7. The topological polar surface area (TPSA) is 79.8 Å². The Kier molecular flexibility index (Phi) is 4.89. The molecule has 2 aromatic rings. The van der Waals surface area contributed by atoms with Gasteiger partial charge in [0.2, 0.25) is 5.75 Å². The molecule has 0 saturated carbocycles. The summed E-state index contributed by atoms with van der Waals surface area (Å²) in [5.74, 6) is 1.13. The lowest BCUT2D eigenvalue weighted by Crippen LogP contribution is -2.38. The minimum atomic E-state index is -0.420. The second-order valence-corrected chi connectivity index (χ2v) is 9.94. The maximum absolute atomic E-state index is 13.0. The van der Waals surface area contributed by atoms with Crippen LogP contribution in [0.3, 0.4) is 0 Å². The number of benzene rings is 1. The predicted molar refractivity (Wildman–Crippen MR) is 114 cm³/mol. The molecule has 2 atom stereocenters. The molecule has 0 bridgehead atoms. The Hall–Kier alpha value is -2.41. The predicted octanol–water partition coefficient (Wildman–Crippen LogP) is 4.48. The van der Waals surface area contributed by atoms with E-state index >= 15 is 0 Å². The van der Waals surface area contributed by atoms with E-state index in [1.165, 1.54) is 24.7 Å². The van der Waals surface area contributed by atoms with Gasteiger partial charge in [-0.1, -0.05) is 20.8 Å². The highest BCUT2D eigenvalue weighted by Crippen LogP contribution is 2.47. The van der Waals surface area contributed by atoms with E-state index in [2.05, 4.69) is 31.4 Å². The van der Waals surface area contributed by atoms with Gasteiger partial charge in [-0.2, -0.15) is 0 Å². The van der Waals surface area contributed by atoms with Gasteiger partial charge in [-0.3, -0.25) is 4.79 Å². The van der Waals surface area contributed by atoms with Crippen molar-refractivity contribution in [3.63, 3.8) is 0 Å². The number of rotatable bonds is 3. The molecule has 0 radical (unpaired) electrons. The summed E-state index contributed by atoms with van der Waals surface area (Å²) >= 11 is 1.70. The Bertz CT molecular complexity index is 935. The second kappa shape index (κ2) is 7.13. The number of hydrogen-bond donors (Lipinski definition) is 3. The molecular weight excluding hydrogens is 388 g/mol. The van der Waals surface area contributed by atoms with E-state index < -0.39 is 6.17 Å². The van der Waals surface area contributed by atoms with E-state index in [1.54, 1.807) is 23.5 Å². The summed E-state index contributed by atoms with van der Waals surface area (Å²) in [5, 5.41) is 17.6. The van der Waals surface area contributed by atoms with Gasteiger partial charge in [0.15, 0.2) is 11.5 Å². The van der Waals surface area contributed by atoms with E-state index in [9.17, 15) is 9.90 Å². The minimum Gasteiger partial charge on any atom is -0.502 e. The fourth-order valence-corrected chi connectivity index (χ4v) is 5.64. The quantitative estimate of drug-likeness (QED) is 0.688. The van der Waals surface area contributed by atoms with Crippen molar-refractivity contribution in [2.75, 3.05) is 19.5 Å². The average Bonchev–Trinajstić information content (AvgIpc) is 3.05. The molecular formula is C22H28N2O4S. The van der Waals surface area contributed by atoms with Crippen molar-refractivity contribution >= 4 is 22.2 Å². The lowest BCUT2D eigenvalue weighted by atomic mass is 9.72. The molecule has 4 rings (SSSR count). The number of hydrogen-bond acceptors (Lipinski definition) is 6. The highest BCUT2D eigenvalue weighted by Gasteiger charge is 2.36. The van der Waals surface area contributed by atoms with Crippen LogP contribution in [0, 0.1) is 11.3 Å². The Balaban J connectivity index is 1.67. The van der Waals surface area contributed by atoms with Gasteiger partial charge in [0.1, 0.15) is 11.2 Å². The third-order valence-electron chi connectivity index (χ3n) is 6.10. The van der Waals surface area contributed by atoms with E-state index in [0.29, 0.717) is 17.4 Å². The summed E-state index contributed by atoms with van der Waals surface area (Å²) in [7, 11) is 2.98. The van der Waals surface area contributed by atoms with E-state index in [4.69, 9.17) is 9.47 Å². The van der Waals surface area contributed by atoms with E-state index in [1.807, 2.05) is 0 Å². The summed E-state index contributed by atoms with van der Waals surface area (Å²) in [6.07, 6.45) is 2.67. The lowest BCUT2D eigenvalue weighted by molar-refractivity contribution is 0.0934. The smallest absolute Gasteiger partial charge is 0.256 e.